The number of aryl methyl sites for hydroxylation is 2. The number of likely N-dealkylation sites (N-methyl/N-ethyl adjacent to an activating group) is 1. The van der Waals surface area contributed by atoms with Crippen molar-refractivity contribution in [1.82, 2.24) is 5.32 Å². The number of methoxy groups -OCH3 is 1. The number of benzene rings is 1. The third-order valence-corrected chi connectivity index (χ3v) is 3.21. The van der Waals surface area contributed by atoms with E-state index in [9.17, 15) is 9.90 Å². The number of rotatable bonds is 6. The number of hydrogen-bond acceptors (Lipinski definition) is 4. The molecule has 0 bridgehead atoms. The SMILES string of the molecule is CCNC(CC(=O)OC)C(O)c1ccc(C)cc1C. The smallest absolute Gasteiger partial charge is 0.307 e. The van der Waals surface area contributed by atoms with Gasteiger partial charge in [0, 0.05) is 6.04 Å². The Bertz CT molecular complexity index is 431. The van der Waals surface area contributed by atoms with Gasteiger partial charge in [-0.2, -0.15) is 0 Å². The molecular weight excluding hydrogens is 242 g/mol. The van der Waals surface area contributed by atoms with E-state index >= 15 is 0 Å². The first-order valence-corrected chi connectivity index (χ1v) is 6.55. The monoisotopic (exact) mass is 265 g/mol. The van der Waals surface area contributed by atoms with Crippen LogP contribution in [0.25, 0.3) is 0 Å². The summed E-state index contributed by atoms with van der Waals surface area (Å²) < 4.78 is 4.67. The summed E-state index contributed by atoms with van der Waals surface area (Å²) in [6.07, 6.45) is -0.571. The van der Waals surface area contributed by atoms with Crippen molar-refractivity contribution < 1.29 is 14.6 Å². The zero-order valence-electron chi connectivity index (χ0n) is 12.1. The van der Waals surface area contributed by atoms with Crippen molar-refractivity contribution in [2.75, 3.05) is 13.7 Å². The van der Waals surface area contributed by atoms with E-state index in [2.05, 4.69) is 10.1 Å². The Kier molecular flexibility index (Phi) is 5.99. The van der Waals surface area contributed by atoms with Crippen LogP contribution in [0.15, 0.2) is 18.2 Å². The van der Waals surface area contributed by atoms with Crippen LogP contribution in [0.5, 0.6) is 0 Å². The van der Waals surface area contributed by atoms with Gasteiger partial charge in [0.25, 0.3) is 0 Å². The lowest BCUT2D eigenvalue weighted by Gasteiger charge is -2.24. The van der Waals surface area contributed by atoms with Crippen LogP contribution in [0.2, 0.25) is 0 Å². The molecule has 0 aliphatic carbocycles. The Labute approximate surface area is 114 Å². The van der Waals surface area contributed by atoms with E-state index in [4.69, 9.17) is 0 Å². The van der Waals surface area contributed by atoms with Gasteiger partial charge in [-0.15, -0.1) is 0 Å². The molecule has 19 heavy (non-hydrogen) atoms. The third-order valence-electron chi connectivity index (χ3n) is 3.21. The number of esters is 1. The molecule has 2 N–H and O–H groups in total. The lowest BCUT2D eigenvalue weighted by atomic mass is 9.94. The molecule has 0 aromatic heterocycles. The molecule has 2 atom stereocenters. The number of nitrogens with one attached hydrogen (secondary N) is 1. The fraction of sp³-hybridized carbons (Fsp3) is 0.533. The molecule has 0 radical (unpaired) electrons. The minimum absolute atomic E-state index is 0.152. The lowest BCUT2D eigenvalue weighted by Crippen LogP contribution is -2.37. The second-order valence-corrected chi connectivity index (χ2v) is 4.75. The summed E-state index contributed by atoms with van der Waals surface area (Å²) in [5, 5.41) is 13.6. The van der Waals surface area contributed by atoms with Gasteiger partial charge in [-0.3, -0.25) is 4.79 Å². The number of aliphatic hydroxyl groups is 1. The zero-order valence-corrected chi connectivity index (χ0v) is 12.1. The summed E-state index contributed by atoms with van der Waals surface area (Å²) in [7, 11) is 1.36. The highest BCUT2D eigenvalue weighted by Crippen LogP contribution is 2.23. The van der Waals surface area contributed by atoms with E-state index in [1.165, 1.54) is 7.11 Å². The summed E-state index contributed by atoms with van der Waals surface area (Å²) in [6.45, 7) is 6.61. The molecule has 1 rings (SSSR count). The van der Waals surface area contributed by atoms with Crippen molar-refractivity contribution in [1.29, 1.82) is 0 Å². The van der Waals surface area contributed by atoms with E-state index < -0.39 is 6.10 Å². The van der Waals surface area contributed by atoms with Gasteiger partial charge in [0.15, 0.2) is 0 Å². The summed E-state index contributed by atoms with van der Waals surface area (Å²) in [4.78, 5) is 11.4. The van der Waals surface area contributed by atoms with Crippen molar-refractivity contribution in [3.63, 3.8) is 0 Å². The molecule has 0 heterocycles. The van der Waals surface area contributed by atoms with Crippen molar-refractivity contribution >= 4 is 5.97 Å². The topological polar surface area (TPSA) is 58.6 Å². The van der Waals surface area contributed by atoms with Gasteiger partial charge >= 0.3 is 5.97 Å². The number of aliphatic hydroxyl groups excluding tert-OH is 1. The molecular formula is C15H23NO3. The normalized spacial score (nSPS) is 13.9. The van der Waals surface area contributed by atoms with Gasteiger partial charge < -0.3 is 15.2 Å². The molecule has 1 aromatic carbocycles. The van der Waals surface area contributed by atoms with Crippen LogP contribution >= 0.6 is 0 Å². The molecule has 0 aliphatic rings. The van der Waals surface area contributed by atoms with E-state index in [0.29, 0.717) is 6.54 Å². The summed E-state index contributed by atoms with van der Waals surface area (Å²) in [6, 6.07) is 5.57. The van der Waals surface area contributed by atoms with E-state index in [0.717, 1.165) is 16.7 Å². The van der Waals surface area contributed by atoms with Crippen LogP contribution in [0.4, 0.5) is 0 Å². The lowest BCUT2D eigenvalue weighted by molar-refractivity contribution is -0.142. The Hall–Kier alpha value is -1.39. The quantitative estimate of drug-likeness (QED) is 0.771. The molecule has 0 aliphatic heterocycles. The molecule has 0 amide bonds. The molecule has 0 spiro atoms. The number of ether oxygens (including phenoxy) is 1. The first-order chi connectivity index (χ1) is 8.99. The Morgan fingerprint density at radius 3 is 2.63 bits per heavy atom. The van der Waals surface area contributed by atoms with Crippen LogP contribution in [0.3, 0.4) is 0 Å². The van der Waals surface area contributed by atoms with Crippen molar-refractivity contribution in [2.24, 2.45) is 0 Å². The highest BCUT2D eigenvalue weighted by atomic mass is 16.5. The minimum atomic E-state index is -0.723. The summed E-state index contributed by atoms with van der Waals surface area (Å²) in [5.41, 5.74) is 3.03. The van der Waals surface area contributed by atoms with E-state index in [-0.39, 0.29) is 18.4 Å². The van der Waals surface area contributed by atoms with Crippen LogP contribution in [0.1, 0.15) is 36.1 Å². The first kappa shape index (κ1) is 15.7. The highest BCUT2D eigenvalue weighted by molar-refractivity contribution is 5.70. The number of carbonyl (C=O) groups is 1. The van der Waals surface area contributed by atoms with Crippen molar-refractivity contribution in [3.05, 3.63) is 34.9 Å². The Balaban J connectivity index is 2.91. The fourth-order valence-electron chi connectivity index (χ4n) is 2.19. The number of carbonyl (C=O) groups excluding carboxylic acids is 1. The molecule has 4 nitrogen and oxygen atoms in total. The van der Waals surface area contributed by atoms with Gasteiger partial charge in [0.2, 0.25) is 0 Å². The molecule has 2 unspecified atom stereocenters. The van der Waals surface area contributed by atoms with Crippen LogP contribution in [-0.2, 0) is 9.53 Å². The molecule has 0 saturated carbocycles. The third kappa shape index (κ3) is 4.33. The van der Waals surface area contributed by atoms with E-state index in [1.54, 1.807) is 0 Å². The Morgan fingerprint density at radius 1 is 1.42 bits per heavy atom. The predicted octanol–water partition coefficient (Wildman–Crippen LogP) is 1.88. The second kappa shape index (κ2) is 7.26. The first-order valence-electron chi connectivity index (χ1n) is 6.55. The van der Waals surface area contributed by atoms with Crippen LogP contribution in [-0.4, -0.2) is 30.8 Å². The molecule has 106 valence electrons. The van der Waals surface area contributed by atoms with Gasteiger partial charge in [-0.05, 0) is 31.5 Å². The zero-order chi connectivity index (χ0) is 14.4. The van der Waals surface area contributed by atoms with E-state index in [1.807, 2.05) is 39.0 Å². The molecule has 0 fully saturated rings. The predicted molar refractivity (Wildman–Crippen MR) is 75.0 cm³/mol. The molecule has 0 saturated heterocycles. The van der Waals surface area contributed by atoms with Gasteiger partial charge in [0.1, 0.15) is 0 Å². The maximum atomic E-state index is 11.4. The van der Waals surface area contributed by atoms with Crippen LogP contribution < -0.4 is 5.32 Å². The van der Waals surface area contributed by atoms with Crippen LogP contribution in [0, 0.1) is 13.8 Å². The van der Waals surface area contributed by atoms with Gasteiger partial charge in [-0.1, -0.05) is 30.7 Å². The maximum absolute atomic E-state index is 11.4. The molecule has 4 heteroatoms. The average Bonchev–Trinajstić information content (AvgIpc) is 2.37. The van der Waals surface area contributed by atoms with Gasteiger partial charge in [0.05, 0.1) is 19.6 Å². The largest absolute Gasteiger partial charge is 0.469 e. The Morgan fingerprint density at radius 2 is 2.11 bits per heavy atom. The summed E-state index contributed by atoms with van der Waals surface area (Å²) >= 11 is 0. The van der Waals surface area contributed by atoms with Crippen molar-refractivity contribution in [2.45, 2.75) is 39.3 Å². The minimum Gasteiger partial charge on any atom is -0.469 e. The summed E-state index contributed by atoms with van der Waals surface area (Å²) in [5.74, 6) is -0.324. The maximum Gasteiger partial charge on any atom is 0.307 e. The number of hydrogen-bond donors (Lipinski definition) is 2. The fourth-order valence-corrected chi connectivity index (χ4v) is 2.19. The highest BCUT2D eigenvalue weighted by Gasteiger charge is 2.24. The average molecular weight is 265 g/mol. The van der Waals surface area contributed by atoms with Gasteiger partial charge in [-0.25, -0.2) is 0 Å². The standard InChI is InChI=1S/C15H23NO3/c1-5-16-13(9-14(17)19-4)15(18)12-7-6-10(2)8-11(12)3/h6-8,13,15-16,18H,5,9H2,1-4H3. The van der Waals surface area contributed by atoms with Crippen molar-refractivity contribution in [3.8, 4) is 0 Å². The molecule has 1 aromatic rings. The second-order valence-electron chi connectivity index (χ2n) is 4.75.